The van der Waals surface area contributed by atoms with Gasteiger partial charge in [0, 0.05) is 29.4 Å². The fourth-order valence-corrected chi connectivity index (χ4v) is 5.05. The zero-order chi connectivity index (χ0) is 21.1. The van der Waals surface area contributed by atoms with Crippen molar-refractivity contribution in [3.8, 4) is 0 Å². The average molecular weight is 441 g/mol. The second-order valence-electron chi connectivity index (χ2n) is 6.79. The van der Waals surface area contributed by atoms with Crippen molar-refractivity contribution in [2.24, 2.45) is 0 Å². The van der Waals surface area contributed by atoms with Gasteiger partial charge in [0.25, 0.3) is 5.91 Å². The zero-order valence-electron chi connectivity index (χ0n) is 16.1. The second-order valence-corrected chi connectivity index (χ2v) is 9.38. The van der Waals surface area contributed by atoms with Gasteiger partial charge in [-0.25, -0.2) is 18.1 Å². The Labute approximate surface area is 178 Å². The quantitative estimate of drug-likeness (QED) is 0.461. The summed E-state index contributed by atoms with van der Waals surface area (Å²) in [7, 11) is -3.78. The number of benzene rings is 2. The maximum Gasteiger partial charge on any atom is 0.251 e. The number of rotatable bonds is 7. The van der Waals surface area contributed by atoms with Crippen LogP contribution in [0.5, 0.6) is 0 Å². The Morgan fingerprint density at radius 2 is 1.97 bits per heavy atom. The van der Waals surface area contributed by atoms with Crippen molar-refractivity contribution < 1.29 is 13.2 Å². The summed E-state index contributed by atoms with van der Waals surface area (Å²) in [6.45, 7) is 2.03. The lowest BCUT2D eigenvalue weighted by molar-refractivity contribution is 0.0950. The summed E-state index contributed by atoms with van der Waals surface area (Å²) in [4.78, 5) is 17.8. The summed E-state index contributed by atoms with van der Waals surface area (Å²) in [6, 6.07) is 14.9. The number of sulfonamides is 1. The number of carbonyl (C=O) groups is 1. The number of hydrogen-bond donors (Lipinski definition) is 2. The number of carbonyl (C=O) groups excluding carboxylic acids is 1. The molecule has 0 aliphatic heterocycles. The number of thiazole rings is 1. The van der Waals surface area contributed by atoms with Crippen LogP contribution in [0.1, 0.15) is 34.6 Å². The second kappa shape index (κ2) is 8.39. The van der Waals surface area contributed by atoms with Crippen molar-refractivity contribution in [3.63, 3.8) is 0 Å². The van der Waals surface area contributed by atoms with Crippen LogP contribution in [0.25, 0.3) is 4.96 Å². The van der Waals surface area contributed by atoms with E-state index in [0.717, 1.165) is 16.2 Å². The van der Waals surface area contributed by atoms with Crippen LogP contribution < -0.4 is 10.0 Å². The molecule has 0 aliphatic carbocycles. The topological polar surface area (TPSA) is 92.6 Å². The summed E-state index contributed by atoms with van der Waals surface area (Å²) in [5, 5.41) is 4.72. The van der Waals surface area contributed by atoms with Crippen LogP contribution in [0.15, 0.2) is 77.3 Å². The summed E-state index contributed by atoms with van der Waals surface area (Å²) < 4.78 is 30.1. The van der Waals surface area contributed by atoms with E-state index < -0.39 is 16.1 Å². The molecule has 0 radical (unpaired) electrons. The van der Waals surface area contributed by atoms with Gasteiger partial charge in [-0.1, -0.05) is 36.4 Å². The van der Waals surface area contributed by atoms with Gasteiger partial charge in [-0.15, -0.1) is 11.3 Å². The van der Waals surface area contributed by atoms with Crippen molar-refractivity contribution in [2.75, 3.05) is 0 Å². The number of fused-ring (bicyclic) bond motifs is 1. The SMILES string of the molecule is CC(NS(=O)(=O)c1cccc(C(=O)NCc2cn3ccsc3n2)c1)c1ccccc1. The Morgan fingerprint density at radius 1 is 1.17 bits per heavy atom. The minimum Gasteiger partial charge on any atom is -0.346 e. The van der Waals surface area contributed by atoms with Crippen LogP contribution in [-0.4, -0.2) is 23.7 Å². The van der Waals surface area contributed by atoms with E-state index in [1.165, 1.54) is 23.5 Å². The standard InChI is InChI=1S/C21H20N4O3S2/c1-15(16-6-3-2-4-7-16)24-30(27,28)19-9-5-8-17(12-19)20(26)22-13-18-14-25-10-11-29-21(25)23-18/h2-12,14-15,24H,13H2,1H3,(H,22,26). The van der Waals surface area contributed by atoms with E-state index in [-0.39, 0.29) is 22.9 Å². The lowest BCUT2D eigenvalue weighted by Gasteiger charge is -2.15. The molecular formula is C21H20N4O3S2. The van der Waals surface area contributed by atoms with Crippen LogP contribution in [0.2, 0.25) is 0 Å². The molecule has 7 nitrogen and oxygen atoms in total. The van der Waals surface area contributed by atoms with Gasteiger partial charge in [-0.2, -0.15) is 0 Å². The minimum absolute atomic E-state index is 0.0421. The Balaban J connectivity index is 1.45. The number of nitrogens with zero attached hydrogens (tertiary/aromatic N) is 2. The molecule has 2 heterocycles. The Morgan fingerprint density at radius 3 is 2.73 bits per heavy atom. The van der Waals surface area contributed by atoms with Crippen LogP contribution in [0.4, 0.5) is 0 Å². The Hall–Kier alpha value is -3.01. The number of hydrogen-bond acceptors (Lipinski definition) is 5. The maximum absolute atomic E-state index is 12.8. The van der Waals surface area contributed by atoms with Crippen molar-refractivity contribution in [1.82, 2.24) is 19.4 Å². The first-order chi connectivity index (χ1) is 14.4. The maximum atomic E-state index is 12.8. The van der Waals surface area contributed by atoms with Crippen LogP contribution in [0.3, 0.4) is 0 Å². The van der Waals surface area contributed by atoms with E-state index in [4.69, 9.17) is 0 Å². The van der Waals surface area contributed by atoms with E-state index in [1.54, 1.807) is 19.1 Å². The molecule has 4 rings (SSSR count). The highest BCUT2D eigenvalue weighted by Gasteiger charge is 2.20. The summed E-state index contributed by atoms with van der Waals surface area (Å²) in [5.74, 6) is -0.362. The van der Waals surface area contributed by atoms with Gasteiger partial charge in [-0.3, -0.25) is 9.20 Å². The first-order valence-electron chi connectivity index (χ1n) is 9.29. The lowest BCUT2D eigenvalue weighted by atomic mass is 10.1. The molecule has 2 aromatic heterocycles. The molecular weight excluding hydrogens is 420 g/mol. The molecule has 30 heavy (non-hydrogen) atoms. The molecule has 2 aromatic carbocycles. The van der Waals surface area contributed by atoms with Gasteiger partial charge in [-0.05, 0) is 30.7 Å². The predicted molar refractivity (Wildman–Crippen MR) is 116 cm³/mol. The molecule has 0 spiro atoms. The van der Waals surface area contributed by atoms with Gasteiger partial charge in [0.1, 0.15) is 0 Å². The number of imidazole rings is 1. The number of nitrogens with one attached hydrogen (secondary N) is 2. The third-order valence-corrected chi connectivity index (χ3v) is 6.92. The average Bonchev–Trinajstić information content (AvgIpc) is 3.34. The Kier molecular flexibility index (Phi) is 5.67. The fourth-order valence-electron chi connectivity index (χ4n) is 3.05. The minimum atomic E-state index is -3.78. The van der Waals surface area contributed by atoms with Gasteiger partial charge < -0.3 is 5.32 Å². The molecule has 1 amide bonds. The highest BCUT2D eigenvalue weighted by Crippen LogP contribution is 2.18. The summed E-state index contributed by atoms with van der Waals surface area (Å²) >= 11 is 1.51. The van der Waals surface area contributed by atoms with Crippen molar-refractivity contribution in [1.29, 1.82) is 0 Å². The molecule has 1 unspecified atom stereocenters. The van der Waals surface area contributed by atoms with E-state index in [9.17, 15) is 13.2 Å². The van der Waals surface area contributed by atoms with Crippen molar-refractivity contribution in [3.05, 3.63) is 89.2 Å². The Bertz CT molecular complexity index is 1250. The highest BCUT2D eigenvalue weighted by atomic mass is 32.2. The monoisotopic (exact) mass is 440 g/mol. The largest absolute Gasteiger partial charge is 0.346 e. The summed E-state index contributed by atoms with van der Waals surface area (Å²) in [5.41, 5.74) is 1.86. The first kappa shape index (κ1) is 20.3. The number of aromatic nitrogens is 2. The molecule has 9 heteroatoms. The van der Waals surface area contributed by atoms with Crippen molar-refractivity contribution >= 4 is 32.2 Å². The van der Waals surface area contributed by atoms with Crippen molar-refractivity contribution in [2.45, 2.75) is 24.4 Å². The van der Waals surface area contributed by atoms with E-state index >= 15 is 0 Å². The number of amides is 1. The fraction of sp³-hybridized carbons (Fsp3) is 0.143. The molecule has 0 fully saturated rings. The smallest absolute Gasteiger partial charge is 0.251 e. The van der Waals surface area contributed by atoms with E-state index in [2.05, 4.69) is 15.0 Å². The van der Waals surface area contributed by atoms with Crippen LogP contribution in [0, 0.1) is 0 Å². The van der Waals surface area contributed by atoms with Crippen LogP contribution in [-0.2, 0) is 16.6 Å². The van der Waals surface area contributed by atoms with E-state index in [1.807, 2.05) is 52.5 Å². The molecule has 2 N–H and O–H groups in total. The highest BCUT2D eigenvalue weighted by molar-refractivity contribution is 7.89. The third-order valence-electron chi connectivity index (χ3n) is 4.61. The predicted octanol–water partition coefficient (Wildman–Crippen LogP) is 3.37. The lowest BCUT2D eigenvalue weighted by Crippen LogP contribution is -2.27. The molecule has 154 valence electrons. The van der Waals surface area contributed by atoms with Gasteiger partial charge in [0.15, 0.2) is 4.96 Å². The normalized spacial score (nSPS) is 12.7. The first-order valence-corrected chi connectivity index (χ1v) is 11.7. The van der Waals surface area contributed by atoms with Gasteiger partial charge in [0.2, 0.25) is 10.0 Å². The molecule has 1 atom stereocenters. The summed E-state index contributed by atoms with van der Waals surface area (Å²) in [6.07, 6.45) is 3.75. The molecule has 0 bridgehead atoms. The van der Waals surface area contributed by atoms with Crippen LogP contribution >= 0.6 is 11.3 Å². The van der Waals surface area contributed by atoms with Gasteiger partial charge >= 0.3 is 0 Å². The zero-order valence-corrected chi connectivity index (χ0v) is 17.8. The third kappa shape index (κ3) is 4.43. The molecule has 4 aromatic rings. The molecule has 0 saturated carbocycles. The molecule has 0 saturated heterocycles. The van der Waals surface area contributed by atoms with Gasteiger partial charge in [0.05, 0.1) is 17.1 Å². The van der Waals surface area contributed by atoms with E-state index in [0.29, 0.717) is 0 Å². The molecule has 0 aliphatic rings.